The summed E-state index contributed by atoms with van der Waals surface area (Å²) in [6.07, 6.45) is 0.222. The molecular weight excluding hydrogens is 355 g/mol. The molecule has 6 atom stereocenters. The average molecular weight is 378 g/mol. The molecule has 3 aliphatic rings. The van der Waals surface area contributed by atoms with Crippen LogP contribution >= 0.6 is 0 Å². The predicted octanol–water partition coefficient (Wildman–Crippen LogP) is 4.17. The number of ketones is 2. The van der Waals surface area contributed by atoms with Crippen molar-refractivity contribution < 1.29 is 18.7 Å². The Labute approximate surface area is 163 Å². The van der Waals surface area contributed by atoms with Gasteiger partial charge in [0.25, 0.3) is 0 Å². The summed E-state index contributed by atoms with van der Waals surface area (Å²) < 4.78 is 19.4. The van der Waals surface area contributed by atoms with E-state index in [1.807, 2.05) is 32.9 Å². The van der Waals surface area contributed by atoms with E-state index in [0.29, 0.717) is 0 Å². The highest BCUT2D eigenvalue weighted by molar-refractivity contribution is 6.17. The molecule has 2 aromatic carbocycles. The second-order valence-electron chi connectivity index (χ2n) is 8.63. The van der Waals surface area contributed by atoms with E-state index in [1.165, 1.54) is 12.1 Å². The van der Waals surface area contributed by atoms with Crippen LogP contribution in [0.3, 0.4) is 0 Å². The number of carbonyl (C=O) groups excluding carboxylic acids is 2. The lowest BCUT2D eigenvalue weighted by molar-refractivity contribution is -0.127. The fourth-order valence-electron chi connectivity index (χ4n) is 5.93. The molecule has 144 valence electrons. The summed E-state index contributed by atoms with van der Waals surface area (Å²) in [5.74, 6) is -1.59. The van der Waals surface area contributed by atoms with Crippen LogP contribution < -0.4 is 0 Å². The Hall–Kier alpha value is -2.33. The van der Waals surface area contributed by atoms with E-state index >= 15 is 0 Å². The van der Waals surface area contributed by atoms with Crippen molar-refractivity contribution in [2.24, 2.45) is 11.8 Å². The molecule has 2 aromatic rings. The van der Waals surface area contributed by atoms with Gasteiger partial charge in [-0.3, -0.25) is 9.59 Å². The zero-order valence-corrected chi connectivity index (χ0v) is 16.2. The lowest BCUT2D eigenvalue weighted by Crippen LogP contribution is -2.34. The maximum atomic E-state index is 13.4. The standard InChI is InChI=1S/C24H23FO3/c1-11-8-12(2)18(13(3)9-11)20-22(26)19-17-10-16(14-4-6-15(25)7-5-14)24(28-17)21(19)23(20)27/h4-9,16-17,19-21,24H,10H2,1-3H3/t16-,17+,19+,20?,21-,24-/m1/s1. The Morgan fingerprint density at radius 3 is 2.18 bits per heavy atom. The highest BCUT2D eigenvalue weighted by Gasteiger charge is 2.66. The lowest BCUT2D eigenvalue weighted by Gasteiger charge is -2.26. The first-order chi connectivity index (χ1) is 13.4. The van der Waals surface area contributed by atoms with Crippen LogP contribution in [-0.2, 0) is 14.3 Å². The minimum Gasteiger partial charge on any atom is -0.373 e. The number of hydrogen-bond donors (Lipinski definition) is 0. The zero-order valence-electron chi connectivity index (χ0n) is 16.2. The molecule has 2 heterocycles. The van der Waals surface area contributed by atoms with Crippen LogP contribution in [0.25, 0.3) is 0 Å². The molecule has 0 amide bonds. The van der Waals surface area contributed by atoms with Crippen LogP contribution in [0.1, 0.15) is 46.1 Å². The van der Waals surface area contributed by atoms with Crippen LogP contribution in [0.5, 0.6) is 0 Å². The van der Waals surface area contributed by atoms with Crippen LogP contribution in [0.4, 0.5) is 4.39 Å². The molecule has 2 saturated heterocycles. The van der Waals surface area contributed by atoms with Gasteiger partial charge in [-0.15, -0.1) is 0 Å². The molecule has 28 heavy (non-hydrogen) atoms. The van der Waals surface area contributed by atoms with Crippen molar-refractivity contribution in [2.45, 2.75) is 51.2 Å². The quantitative estimate of drug-likeness (QED) is 0.737. The number of carbonyl (C=O) groups is 2. The minimum atomic E-state index is -0.670. The van der Waals surface area contributed by atoms with Crippen molar-refractivity contribution in [3.8, 4) is 0 Å². The van der Waals surface area contributed by atoms with Gasteiger partial charge in [-0.2, -0.15) is 0 Å². The Morgan fingerprint density at radius 1 is 0.929 bits per heavy atom. The van der Waals surface area contributed by atoms with E-state index in [0.717, 1.165) is 34.2 Å². The molecule has 0 spiro atoms. The number of aryl methyl sites for hydroxylation is 3. The van der Waals surface area contributed by atoms with Gasteiger partial charge in [0.1, 0.15) is 11.7 Å². The van der Waals surface area contributed by atoms with Gasteiger partial charge in [0.2, 0.25) is 0 Å². The molecule has 0 aromatic heterocycles. The van der Waals surface area contributed by atoms with Crippen molar-refractivity contribution in [2.75, 3.05) is 0 Å². The smallest absolute Gasteiger partial charge is 0.154 e. The fraction of sp³-hybridized carbons (Fsp3) is 0.417. The number of ether oxygens (including phenoxy) is 1. The highest BCUT2D eigenvalue weighted by atomic mass is 19.1. The molecule has 5 rings (SSSR count). The number of fused-ring (bicyclic) bond motifs is 5. The highest BCUT2D eigenvalue weighted by Crippen LogP contribution is 2.57. The van der Waals surface area contributed by atoms with Gasteiger partial charge in [0.05, 0.1) is 24.0 Å². The number of halogens is 1. The molecule has 2 bridgehead atoms. The summed E-state index contributed by atoms with van der Waals surface area (Å²) in [7, 11) is 0. The minimum absolute atomic E-state index is 0.00404. The molecule has 4 heteroatoms. The van der Waals surface area contributed by atoms with Crippen LogP contribution in [0.15, 0.2) is 36.4 Å². The van der Waals surface area contributed by atoms with E-state index in [9.17, 15) is 14.0 Å². The summed E-state index contributed by atoms with van der Waals surface area (Å²) in [4.78, 5) is 26.8. The molecule has 3 fully saturated rings. The Balaban J connectivity index is 1.51. The number of benzene rings is 2. The predicted molar refractivity (Wildman–Crippen MR) is 103 cm³/mol. The zero-order chi connectivity index (χ0) is 19.7. The third-order valence-corrected chi connectivity index (χ3v) is 6.91. The third-order valence-electron chi connectivity index (χ3n) is 6.91. The van der Waals surface area contributed by atoms with Gasteiger partial charge in [0.15, 0.2) is 11.6 Å². The van der Waals surface area contributed by atoms with Crippen LogP contribution in [0.2, 0.25) is 0 Å². The fourth-order valence-corrected chi connectivity index (χ4v) is 5.93. The van der Waals surface area contributed by atoms with E-state index in [4.69, 9.17) is 4.74 Å². The summed E-state index contributed by atoms with van der Waals surface area (Å²) in [6, 6.07) is 10.5. The van der Waals surface area contributed by atoms with E-state index in [1.54, 1.807) is 12.1 Å². The van der Waals surface area contributed by atoms with Gasteiger partial charge in [-0.25, -0.2) is 4.39 Å². The molecule has 1 aliphatic carbocycles. The molecular formula is C24H23FO3. The van der Waals surface area contributed by atoms with Crippen molar-refractivity contribution in [1.29, 1.82) is 0 Å². The van der Waals surface area contributed by atoms with Gasteiger partial charge in [0, 0.05) is 5.92 Å². The largest absolute Gasteiger partial charge is 0.373 e. The first kappa shape index (κ1) is 17.7. The van der Waals surface area contributed by atoms with E-state index in [2.05, 4.69) is 0 Å². The monoisotopic (exact) mass is 378 g/mol. The molecule has 2 aliphatic heterocycles. The molecule has 1 saturated carbocycles. The van der Waals surface area contributed by atoms with Gasteiger partial charge < -0.3 is 4.74 Å². The van der Waals surface area contributed by atoms with E-state index < -0.39 is 5.92 Å². The summed E-state index contributed by atoms with van der Waals surface area (Å²) >= 11 is 0. The SMILES string of the molecule is Cc1cc(C)c(C2C(=O)[C@@H]3[C@@H]4O[C@@H](C[C@@H]4c4ccc(F)cc4)[C@@H]3C2=O)c(C)c1. The van der Waals surface area contributed by atoms with Crippen LogP contribution in [0, 0.1) is 38.4 Å². The number of Topliss-reactive ketones (excluding diaryl/α,β-unsaturated/α-hetero) is 2. The van der Waals surface area contributed by atoms with Crippen LogP contribution in [-0.4, -0.2) is 23.8 Å². The second kappa shape index (κ2) is 6.08. The summed E-state index contributed by atoms with van der Waals surface area (Å²) in [6.45, 7) is 5.99. The maximum absolute atomic E-state index is 13.4. The first-order valence-corrected chi connectivity index (χ1v) is 9.93. The number of rotatable bonds is 2. The Bertz CT molecular complexity index is 970. The van der Waals surface area contributed by atoms with Gasteiger partial charge >= 0.3 is 0 Å². The molecule has 3 nitrogen and oxygen atoms in total. The lowest BCUT2D eigenvalue weighted by atomic mass is 9.73. The average Bonchev–Trinajstić information content (AvgIpc) is 3.29. The molecule has 1 unspecified atom stereocenters. The molecule has 0 radical (unpaired) electrons. The van der Waals surface area contributed by atoms with Gasteiger partial charge in [-0.05, 0) is 61.6 Å². The third kappa shape index (κ3) is 2.37. The van der Waals surface area contributed by atoms with Crippen molar-refractivity contribution >= 4 is 11.6 Å². The van der Waals surface area contributed by atoms with Gasteiger partial charge in [-0.1, -0.05) is 29.8 Å². The molecule has 0 N–H and O–H groups in total. The normalized spacial score (nSPS) is 33.6. The number of hydrogen-bond acceptors (Lipinski definition) is 3. The van der Waals surface area contributed by atoms with Crippen molar-refractivity contribution in [3.63, 3.8) is 0 Å². The van der Waals surface area contributed by atoms with Crippen molar-refractivity contribution in [1.82, 2.24) is 0 Å². The van der Waals surface area contributed by atoms with E-state index in [-0.39, 0.29) is 47.3 Å². The Kier molecular flexibility index (Phi) is 3.86. The summed E-state index contributed by atoms with van der Waals surface area (Å²) in [5, 5.41) is 0. The topological polar surface area (TPSA) is 43.4 Å². The first-order valence-electron chi connectivity index (χ1n) is 9.93. The second-order valence-corrected chi connectivity index (χ2v) is 8.63. The Morgan fingerprint density at radius 2 is 1.54 bits per heavy atom. The summed E-state index contributed by atoms with van der Waals surface area (Å²) in [5.41, 5.74) is 5.02. The maximum Gasteiger partial charge on any atom is 0.154 e. The van der Waals surface area contributed by atoms with Crippen molar-refractivity contribution in [3.05, 3.63) is 70.0 Å².